The molecule has 2 unspecified atom stereocenters. The molecule has 0 amide bonds. The Kier molecular flexibility index (Phi) is 4.12. The van der Waals surface area contributed by atoms with Gasteiger partial charge in [0.2, 0.25) is 0 Å². The van der Waals surface area contributed by atoms with Gasteiger partial charge in [-0.05, 0) is 12.5 Å². The average molecular weight is 197 g/mol. The molecular formula is C10H15NOS. The molecular weight excluding hydrogens is 182 g/mol. The van der Waals surface area contributed by atoms with Gasteiger partial charge in [-0.1, -0.05) is 30.3 Å². The van der Waals surface area contributed by atoms with E-state index in [4.69, 9.17) is 5.73 Å². The highest BCUT2D eigenvalue weighted by atomic mass is 32.2. The second-order valence-electron chi connectivity index (χ2n) is 3.06. The number of hydrogen-bond acceptors (Lipinski definition) is 2. The normalized spacial score (nSPS) is 15.2. The third kappa shape index (κ3) is 3.28. The van der Waals surface area contributed by atoms with E-state index in [0.29, 0.717) is 12.3 Å². The van der Waals surface area contributed by atoms with E-state index in [0.717, 1.165) is 5.56 Å². The van der Waals surface area contributed by atoms with Crippen molar-refractivity contribution in [1.29, 1.82) is 0 Å². The first kappa shape index (κ1) is 10.4. The third-order valence-corrected chi connectivity index (χ3v) is 3.64. The first-order chi connectivity index (χ1) is 6.24. The molecule has 13 heavy (non-hydrogen) atoms. The van der Waals surface area contributed by atoms with Crippen LogP contribution in [0.3, 0.4) is 0 Å². The van der Waals surface area contributed by atoms with Crippen LogP contribution < -0.4 is 5.73 Å². The highest BCUT2D eigenvalue weighted by molar-refractivity contribution is 7.84. The molecule has 0 saturated heterocycles. The van der Waals surface area contributed by atoms with Gasteiger partial charge in [-0.3, -0.25) is 4.21 Å². The van der Waals surface area contributed by atoms with Gasteiger partial charge in [0.05, 0.1) is 0 Å². The van der Waals surface area contributed by atoms with Gasteiger partial charge in [0.1, 0.15) is 0 Å². The molecule has 0 bridgehead atoms. The fourth-order valence-corrected chi connectivity index (χ4v) is 2.01. The lowest BCUT2D eigenvalue weighted by Crippen LogP contribution is -2.22. The quantitative estimate of drug-likeness (QED) is 0.790. The molecule has 0 aromatic heterocycles. The lowest BCUT2D eigenvalue weighted by atomic mass is 10.2. The molecule has 0 aliphatic rings. The molecule has 0 saturated carbocycles. The number of hydrogen-bond donors (Lipinski definition) is 1. The summed E-state index contributed by atoms with van der Waals surface area (Å²) in [5.74, 6) is 0.610. The predicted molar refractivity (Wildman–Crippen MR) is 56.8 cm³/mol. The fourth-order valence-electron chi connectivity index (χ4n) is 0.988. The number of nitrogens with two attached hydrogens (primary N) is 1. The maximum Gasteiger partial charge on any atom is 0.0488 e. The van der Waals surface area contributed by atoms with Gasteiger partial charge in [-0.25, -0.2) is 0 Å². The lowest BCUT2D eigenvalue weighted by Gasteiger charge is -2.07. The predicted octanol–water partition coefficient (Wildman–Crippen LogP) is 1.28. The standard InChI is InChI=1S/C10H15NOS/c1-9(7-11)13(12)8-10-5-3-2-4-6-10/h2-6,9H,7-8,11H2,1H3. The second-order valence-corrected chi connectivity index (χ2v) is 4.91. The van der Waals surface area contributed by atoms with Crippen LogP contribution in [0.1, 0.15) is 12.5 Å². The zero-order chi connectivity index (χ0) is 9.68. The van der Waals surface area contributed by atoms with Crippen LogP contribution in [0.25, 0.3) is 0 Å². The zero-order valence-corrected chi connectivity index (χ0v) is 8.59. The molecule has 2 atom stereocenters. The van der Waals surface area contributed by atoms with Crippen molar-refractivity contribution in [2.45, 2.75) is 17.9 Å². The largest absolute Gasteiger partial charge is 0.329 e. The third-order valence-electron chi connectivity index (χ3n) is 1.93. The molecule has 2 nitrogen and oxygen atoms in total. The van der Waals surface area contributed by atoms with Crippen molar-refractivity contribution in [2.75, 3.05) is 6.54 Å². The minimum absolute atomic E-state index is 0.0835. The van der Waals surface area contributed by atoms with Crippen LogP contribution in [0.5, 0.6) is 0 Å². The molecule has 2 N–H and O–H groups in total. The topological polar surface area (TPSA) is 43.1 Å². The summed E-state index contributed by atoms with van der Waals surface area (Å²) in [7, 11) is -0.841. The second kappa shape index (κ2) is 5.14. The van der Waals surface area contributed by atoms with E-state index in [9.17, 15) is 4.21 Å². The zero-order valence-electron chi connectivity index (χ0n) is 7.77. The van der Waals surface area contributed by atoms with E-state index in [1.807, 2.05) is 37.3 Å². The van der Waals surface area contributed by atoms with E-state index < -0.39 is 10.8 Å². The van der Waals surface area contributed by atoms with Gasteiger partial charge < -0.3 is 5.73 Å². The Bertz CT molecular complexity index is 274. The Morgan fingerprint density at radius 2 is 2.00 bits per heavy atom. The summed E-state index contributed by atoms with van der Waals surface area (Å²) in [6.07, 6.45) is 0. The summed E-state index contributed by atoms with van der Waals surface area (Å²) in [4.78, 5) is 0. The summed E-state index contributed by atoms with van der Waals surface area (Å²) in [6, 6.07) is 9.85. The maximum atomic E-state index is 11.6. The van der Waals surface area contributed by atoms with Crippen molar-refractivity contribution in [1.82, 2.24) is 0 Å². The Morgan fingerprint density at radius 3 is 2.54 bits per heavy atom. The van der Waals surface area contributed by atoms with E-state index in [-0.39, 0.29) is 5.25 Å². The molecule has 3 heteroatoms. The van der Waals surface area contributed by atoms with Crippen LogP contribution in [0, 0.1) is 0 Å². The van der Waals surface area contributed by atoms with Crippen molar-refractivity contribution in [2.24, 2.45) is 5.73 Å². The molecule has 0 spiro atoms. The number of rotatable bonds is 4. The molecule has 0 fully saturated rings. The first-order valence-corrected chi connectivity index (χ1v) is 5.73. The average Bonchev–Trinajstić information content (AvgIpc) is 2.18. The summed E-state index contributed by atoms with van der Waals surface area (Å²) in [5, 5.41) is 0.0835. The molecule has 0 aliphatic heterocycles. The minimum Gasteiger partial charge on any atom is -0.329 e. The molecule has 1 rings (SSSR count). The van der Waals surface area contributed by atoms with Gasteiger partial charge >= 0.3 is 0 Å². The SMILES string of the molecule is CC(CN)S(=O)Cc1ccccc1. The highest BCUT2D eigenvalue weighted by Gasteiger charge is 2.08. The van der Waals surface area contributed by atoms with Crippen LogP contribution in [0.15, 0.2) is 30.3 Å². The van der Waals surface area contributed by atoms with Crippen molar-refractivity contribution in [3.63, 3.8) is 0 Å². The Hall–Kier alpha value is -0.670. The van der Waals surface area contributed by atoms with Crippen molar-refractivity contribution >= 4 is 10.8 Å². The van der Waals surface area contributed by atoms with Gasteiger partial charge in [-0.15, -0.1) is 0 Å². The van der Waals surface area contributed by atoms with E-state index in [2.05, 4.69) is 0 Å². The van der Waals surface area contributed by atoms with Gasteiger partial charge in [0, 0.05) is 28.3 Å². The van der Waals surface area contributed by atoms with Crippen molar-refractivity contribution < 1.29 is 4.21 Å². The Labute approximate surface area is 81.6 Å². The molecule has 1 aromatic rings. The van der Waals surface area contributed by atoms with Crippen molar-refractivity contribution in [3.8, 4) is 0 Å². The van der Waals surface area contributed by atoms with Crippen LogP contribution in [-0.4, -0.2) is 16.0 Å². The van der Waals surface area contributed by atoms with Gasteiger partial charge in [0.25, 0.3) is 0 Å². The minimum atomic E-state index is -0.841. The van der Waals surface area contributed by atoms with Gasteiger partial charge in [-0.2, -0.15) is 0 Å². The molecule has 0 radical (unpaired) electrons. The van der Waals surface area contributed by atoms with Crippen LogP contribution in [0.4, 0.5) is 0 Å². The summed E-state index contributed by atoms with van der Waals surface area (Å²) < 4.78 is 11.6. The highest BCUT2D eigenvalue weighted by Crippen LogP contribution is 2.05. The van der Waals surface area contributed by atoms with E-state index in [1.54, 1.807) is 0 Å². The molecule has 0 heterocycles. The monoisotopic (exact) mass is 197 g/mol. The fraction of sp³-hybridized carbons (Fsp3) is 0.400. The summed E-state index contributed by atoms with van der Waals surface area (Å²) in [6.45, 7) is 2.40. The van der Waals surface area contributed by atoms with E-state index in [1.165, 1.54) is 0 Å². The molecule has 0 aliphatic carbocycles. The first-order valence-electron chi connectivity index (χ1n) is 4.35. The number of benzene rings is 1. The summed E-state index contributed by atoms with van der Waals surface area (Å²) in [5.41, 5.74) is 6.55. The van der Waals surface area contributed by atoms with Crippen LogP contribution in [-0.2, 0) is 16.6 Å². The van der Waals surface area contributed by atoms with Gasteiger partial charge in [0.15, 0.2) is 0 Å². The van der Waals surface area contributed by atoms with Crippen LogP contribution >= 0.6 is 0 Å². The van der Waals surface area contributed by atoms with E-state index >= 15 is 0 Å². The molecule has 72 valence electrons. The smallest absolute Gasteiger partial charge is 0.0488 e. The maximum absolute atomic E-state index is 11.6. The Morgan fingerprint density at radius 1 is 1.38 bits per heavy atom. The Balaban J connectivity index is 2.55. The molecule has 1 aromatic carbocycles. The van der Waals surface area contributed by atoms with Crippen molar-refractivity contribution in [3.05, 3.63) is 35.9 Å². The van der Waals surface area contributed by atoms with Crippen LogP contribution in [0.2, 0.25) is 0 Å². The lowest BCUT2D eigenvalue weighted by molar-refractivity contribution is 0.672. The summed E-state index contributed by atoms with van der Waals surface area (Å²) >= 11 is 0.